The first kappa shape index (κ1) is 14.3. The van der Waals surface area contributed by atoms with Crippen LogP contribution >= 0.6 is 0 Å². The highest BCUT2D eigenvalue weighted by atomic mass is 15.3. The van der Waals surface area contributed by atoms with Crippen LogP contribution in [0.15, 0.2) is 0 Å². The Labute approximate surface area is 113 Å². The first-order chi connectivity index (χ1) is 8.70. The molecular formula is C15H31N3. The average Bonchev–Trinajstić information content (AvgIpc) is 3.04. The van der Waals surface area contributed by atoms with Gasteiger partial charge in [-0.3, -0.25) is 9.80 Å². The highest BCUT2D eigenvalue weighted by Gasteiger charge is 2.31. The molecule has 0 aromatic heterocycles. The summed E-state index contributed by atoms with van der Waals surface area (Å²) in [6.45, 7) is 13.3. The zero-order valence-electron chi connectivity index (χ0n) is 12.5. The van der Waals surface area contributed by atoms with Gasteiger partial charge in [0.2, 0.25) is 0 Å². The molecule has 2 aliphatic heterocycles. The van der Waals surface area contributed by atoms with Crippen molar-refractivity contribution in [3.63, 3.8) is 0 Å². The number of likely N-dealkylation sites (tertiary alicyclic amines) is 2. The summed E-state index contributed by atoms with van der Waals surface area (Å²) in [5.41, 5.74) is 0. The van der Waals surface area contributed by atoms with Crippen molar-refractivity contribution in [1.29, 1.82) is 0 Å². The molecule has 2 saturated heterocycles. The van der Waals surface area contributed by atoms with Crippen molar-refractivity contribution in [3.8, 4) is 0 Å². The molecule has 3 unspecified atom stereocenters. The van der Waals surface area contributed by atoms with E-state index in [9.17, 15) is 0 Å². The summed E-state index contributed by atoms with van der Waals surface area (Å²) in [7, 11) is 0. The number of rotatable bonds is 6. The predicted molar refractivity (Wildman–Crippen MR) is 78.0 cm³/mol. The van der Waals surface area contributed by atoms with Crippen LogP contribution in [0.2, 0.25) is 0 Å². The second-order valence-corrected chi connectivity index (χ2v) is 6.25. The van der Waals surface area contributed by atoms with Gasteiger partial charge in [-0.1, -0.05) is 6.92 Å². The molecule has 106 valence electrons. The van der Waals surface area contributed by atoms with E-state index in [4.69, 9.17) is 0 Å². The van der Waals surface area contributed by atoms with Crippen LogP contribution in [0.4, 0.5) is 0 Å². The molecule has 1 N–H and O–H groups in total. The van der Waals surface area contributed by atoms with E-state index < -0.39 is 0 Å². The molecule has 0 aliphatic carbocycles. The number of hydrogen-bond donors (Lipinski definition) is 1. The molecule has 0 spiro atoms. The Kier molecular flexibility index (Phi) is 5.46. The Hall–Kier alpha value is -0.120. The minimum Gasteiger partial charge on any atom is -0.313 e. The van der Waals surface area contributed by atoms with Crippen molar-refractivity contribution in [2.45, 2.75) is 64.6 Å². The molecule has 3 heteroatoms. The van der Waals surface area contributed by atoms with E-state index in [-0.39, 0.29) is 0 Å². The maximum absolute atomic E-state index is 3.64. The van der Waals surface area contributed by atoms with E-state index in [0.29, 0.717) is 12.1 Å². The van der Waals surface area contributed by atoms with Gasteiger partial charge in [-0.15, -0.1) is 0 Å². The molecule has 0 aromatic carbocycles. The third-order valence-electron chi connectivity index (χ3n) is 4.85. The smallest absolute Gasteiger partial charge is 0.0235 e. The van der Waals surface area contributed by atoms with Gasteiger partial charge in [0, 0.05) is 37.8 Å². The van der Waals surface area contributed by atoms with E-state index in [1.54, 1.807) is 0 Å². The molecule has 2 heterocycles. The van der Waals surface area contributed by atoms with E-state index in [1.165, 1.54) is 51.9 Å². The molecule has 2 aliphatic rings. The SMILES string of the molecule is CCC(C)NCC(C)N1CCC(N2CCCC2)C1. The molecule has 3 nitrogen and oxygen atoms in total. The Bertz CT molecular complexity index is 238. The van der Waals surface area contributed by atoms with Gasteiger partial charge in [-0.05, 0) is 52.6 Å². The normalized spacial score (nSPS) is 29.8. The van der Waals surface area contributed by atoms with Crippen LogP contribution in [0, 0.1) is 0 Å². The van der Waals surface area contributed by atoms with Crippen LogP contribution in [-0.4, -0.2) is 60.6 Å². The molecule has 18 heavy (non-hydrogen) atoms. The lowest BCUT2D eigenvalue weighted by atomic mass is 10.2. The third-order valence-corrected chi connectivity index (χ3v) is 4.85. The first-order valence-corrected chi connectivity index (χ1v) is 7.92. The zero-order chi connectivity index (χ0) is 13.0. The average molecular weight is 253 g/mol. The summed E-state index contributed by atoms with van der Waals surface area (Å²) in [6.07, 6.45) is 5.44. The lowest BCUT2D eigenvalue weighted by molar-refractivity contribution is 0.202. The van der Waals surface area contributed by atoms with Crippen molar-refractivity contribution in [1.82, 2.24) is 15.1 Å². The monoisotopic (exact) mass is 253 g/mol. The van der Waals surface area contributed by atoms with E-state index in [0.717, 1.165) is 12.6 Å². The fourth-order valence-corrected chi connectivity index (χ4v) is 3.22. The molecular weight excluding hydrogens is 222 g/mol. The van der Waals surface area contributed by atoms with Gasteiger partial charge in [0.25, 0.3) is 0 Å². The van der Waals surface area contributed by atoms with Crippen LogP contribution in [0.1, 0.15) is 46.5 Å². The van der Waals surface area contributed by atoms with Gasteiger partial charge >= 0.3 is 0 Å². The summed E-state index contributed by atoms with van der Waals surface area (Å²) in [4.78, 5) is 5.40. The molecule has 0 bridgehead atoms. The maximum atomic E-state index is 3.64. The van der Waals surface area contributed by atoms with Gasteiger partial charge in [0.1, 0.15) is 0 Å². The van der Waals surface area contributed by atoms with Crippen LogP contribution in [0.25, 0.3) is 0 Å². The molecule has 0 aromatic rings. The summed E-state index contributed by atoms with van der Waals surface area (Å²) in [6, 6.07) is 2.19. The van der Waals surface area contributed by atoms with E-state index in [1.807, 2.05) is 0 Å². The predicted octanol–water partition coefficient (Wildman–Crippen LogP) is 1.93. The van der Waals surface area contributed by atoms with Gasteiger partial charge in [0.05, 0.1) is 0 Å². The maximum Gasteiger partial charge on any atom is 0.0235 e. The van der Waals surface area contributed by atoms with Crippen molar-refractivity contribution in [2.24, 2.45) is 0 Å². The molecule has 0 radical (unpaired) electrons. The lowest BCUT2D eigenvalue weighted by Gasteiger charge is -2.28. The van der Waals surface area contributed by atoms with Crippen LogP contribution in [0.3, 0.4) is 0 Å². The molecule has 2 fully saturated rings. The first-order valence-electron chi connectivity index (χ1n) is 7.92. The van der Waals surface area contributed by atoms with Gasteiger partial charge < -0.3 is 5.32 Å². The summed E-state index contributed by atoms with van der Waals surface area (Å²) in [5, 5.41) is 3.64. The number of nitrogens with one attached hydrogen (secondary N) is 1. The van der Waals surface area contributed by atoms with Gasteiger partial charge in [-0.25, -0.2) is 0 Å². The second-order valence-electron chi connectivity index (χ2n) is 6.25. The van der Waals surface area contributed by atoms with Crippen molar-refractivity contribution in [3.05, 3.63) is 0 Å². The van der Waals surface area contributed by atoms with Crippen molar-refractivity contribution in [2.75, 3.05) is 32.7 Å². The lowest BCUT2D eigenvalue weighted by Crippen LogP contribution is -2.43. The number of hydrogen-bond acceptors (Lipinski definition) is 3. The zero-order valence-corrected chi connectivity index (χ0v) is 12.5. The third kappa shape index (κ3) is 3.69. The minimum atomic E-state index is 0.657. The summed E-state index contributed by atoms with van der Waals surface area (Å²) < 4.78 is 0. The van der Waals surface area contributed by atoms with Gasteiger partial charge in [0.15, 0.2) is 0 Å². The highest BCUT2D eigenvalue weighted by molar-refractivity contribution is 4.88. The topological polar surface area (TPSA) is 18.5 Å². The standard InChI is InChI=1S/C15H31N3/c1-4-13(2)16-11-14(3)18-10-7-15(12-18)17-8-5-6-9-17/h13-16H,4-12H2,1-3H3. The van der Waals surface area contributed by atoms with Gasteiger partial charge in [-0.2, -0.15) is 0 Å². The van der Waals surface area contributed by atoms with Crippen molar-refractivity contribution >= 4 is 0 Å². The molecule has 0 saturated carbocycles. The summed E-state index contributed by atoms with van der Waals surface area (Å²) >= 11 is 0. The molecule has 2 rings (SSSR count). The number of nitrogens with zero attached hydrogens (tertiary/aromatic N) is 2. The largest absolute Gasteiger partial charge is 0.313 e. The van der Waals surface area contributed by atoms with Crippen LogP contribution in [-0.2, 0) is 0 Å². The Balaban J connectivity index is 1.70. The minimum absolute atomic E-state index is 0.657. The quantitative estimate of drug-likeness (QED) is 0.780. The fraction of sp³-hybridized carbons (Fsp3) is 1.00. The van der Waals surface area contributed by atoms with Crippen LogP contribution < -0.4 is 5.32 Å². The Morgan fingerprint density at radius 2 is 1.89 bits per heavy atom. The summed E-state index contributed by atoms with van der Waals surface area (Å²) in [5.74, 6) is 0. The Morgan fingerprint density at radius 1 is 1.17 bits per heavy atom. The molecule has 0 amide bonds. The Morgan fingerprint density at radius 3 is 2.56 bits per heavy atom. The molecule has 3 atom stereocenters. The fourth-order valence-electron chi connectivity index (χ4n) is 3.22. The van der Waals surface area contributed by atoms with E-state index in [2.05, 4.69) is 35.9 Å². The van der Waals surface area contributed by atoms with E-state index >= 15 is 0 Å². The van der Waals surface area contributed by atoms with Crippen LogP contribution in [0.5, 0.6) is 0 Å². The second kappa shape index (κ2) is 6.88. The van der Waals surface area contributed by atoms with Crippen molar-refractivity contribution < 1.29 is 0 Å². The highest BCUT2D eigenvalue weighted by Crippen LogP contribution is 2.21.